The van der Waals surface area contributed by atoms with Crippen molar-refractivity contribution in [2.75, 3.05) is 0 Å². The Morgan fingerprint density at radius 2 is 1.10 bits per heavy atom. The van der Waals surface area contributed by atoms with Crippen LogP contribution >= 0.6 is 0 Å². The van der Waals surface area contributed by atoms with Gasteiger partial charge in [-0.2, -0.15) is 0 Å². The van der Waals surface area contributed by atoms with Crippen molar-refractivity contribution in [1.82, 2.24) is 0 Å². The van der Waals surface area contributed by atoms with Crippen molar-refractivity contribution in [3.8, 4) is 0 Å². The molecule has 0 unspecified atom stereocenters. The van der Waals surface area contributed by atoms with Gasteiger partial charge in [0.2, 0.25) is 0 Å². The summed E-state index contributed by atoms with van der Waals surface area (Å²) >= 11 is 0. The summed E-state index contributed by atoms with van der Waals surface area (Å²) in [5, 5.41) is 23.7. The van der Waals surface area contributed by atoms with Gasteiger partial charge in [-0.3, -0.25) is 9.59 Å². The summed E-state index contributed by atoms with van der Waals surface area (Å²) < 4.78 is 0. The first-order valence-electron chi connectivity index (χ1n) is 11.2. The average Bonchev–Trinajstić information content (AvgIpc) is 2.64. The molecule has 0 spiro atoms. The molecule has 0 fully saturated rings. The number of allylic oxidation sites excluding steroid dienone is 3. The van der Waals surface area contributed by atoms with E-state index in [1.807, 2.05) is 19.1 Å². The third-order valence-corrected chi connectivity index (χ3v) is 3.92. The van der Waals surface area contributed by atoms with Crippen LogP contribution in [0.4, 0.5) is 0 Å². The van der Waals surface area contributed by atoms with Crippen molar-refractivity contribution in [3.63, 3.8) is 0 Å². The van der Waals surface area contributed by atoms with E-state index in [0.717, 1.165) is 25.8 Å². The van der Waals surface area contributed by atoms with E-state index in [1.54, 1.807) is 6.08 Å². The molecule has 0 aromatic carbocycles. The van der Waals surface area contributed by atoms with Crippen LogP contribution in [-0.2, 0) is 14.4 Å². The van der Waals surface area contributed by atoms with E-state index in [4.69, 9.17) is 20.1 Å². The predicted octanol–water partition coefficient (Wildman–Crippen LogP) is 6.85. The first-order valence-corrected chi connectivity index (χ1v) is 11.2. The normalized spacial score (nSPS) is 10.2. The molecular weight excluding hydrogens is 384 g/mol. The van der Waals surface area contributed by atoms with Gasteiger partial charge in [0.25, 0.3) is 5.97 Å². The molecule has 0 aromatic rings. The second-order valence-corrected chi connectivity index (χ2v) is 7.11. The highest BCUT2D eigenvalue weighted by Gasteiger charge is 1.92. The zero-order valence-electron chi connectivity index (χ0n) is 19.3. The van der Waals surface area contributed by atoms with Gasteiger partial charge in [0.15, 0.2) is 0 Å². The molecule has 0 amide bonds. The Balaban J connectivity index is -0.000000600. The van der Waals surface area contributed by atoms with Crippen LogP contribution in [0.25, 0.3) is 0 Å². The molecule has 0 rings (SSSR count). The molecule has 0 aromatic heterocycles. The molecule has 0 bridgehead atoms. The molecule has 0 saturated heterocycles. The van der Waals surface area contributed by atoms with Gasteiger partial charge in [0.1, 0.15) is 0 Å². The minimum atomic E-state index is -0.885. The fourth-order valence-corrected chi connectivity index (χ4v) is 2.45. The molecule has 6 nitrogen and oxygen atoms in total. The molecule has 30 heavy (non-hydrogen) atoms. The van der Waals surface area contributed by atoms with Crippen molar-refractivity contribution in [2.24, 2.45) is 0 Å². The van der Waals surface area contributed by atoms with Crippen molar-refractivity contribution in [3.05, 3.63) is 24.3 Å². The van der Waals surface area contributed by atoms with E-state index in [0.29, 0.717) is 6.42 Å². The zero-order chi connectivity index (χ0) is 23.5. The summed E-state index contributed by atoms with van der Waals surface area (Å²) in [4.78, 5) is 28.8. The maximum atomic E-state index is 10.2. The number of aliphatic carboxylic acids is 3. The summed E-state index contributed by atoms with van der Waals surface area (Å²) in [7, 11) is 0. The monoisotopic (exact) mass is 428 g/mol. The average molecular weight is 429 g/mol. The van der Waals surface area contributed by atoms with E-state index in [2.05, 4.69) is 6.92 Å². The maximum absolute atomic E-state index is 10.2. The minimum Gasteiger partial charge on any atom is -0.481 e. The zero-order valence-corrected chi connectivity index (χ0v) is 19.3. The Morgan fingerprint density at radius 3 is 1.43 bits per heavy atom. The molecular formula is C24H44O6. The highest BCUT2D eigenvalue weighted by Crippen LogP contribution is 2.11. The predicted molar refractivity (Wildman–Crippen MR) is 123 cm³/mol. The first kappa shape index (κ1) is 32.6. The first-order chi connectivity index (χ1) is 14.3. The van der Waals surface area contributed by atoms with Gasteiger partial charge >= 0.3 is 11.9 Å². The topological polar surface area (TPSA) is 112 Å². The molecule has 0 saturated carbocycles. The van der Waals surface area contributed by atoms with E-state index >= 15 is 0 Å². The number of carbonyl (C=O) groups is 3. The Hall–Kier alpha value is -2.11. The molecule has 6 heteroatoms. The molecule has 0 atom stereocenters. The van der Waals surface area contributed by atoms with E-state index < -0.39 is 17.9 Å². The molecule has 0 aliphatic rings. The fourth-order valence-electron chi connectivity index (χ4n) is 2.45. The third-order valence-electron chi connectivity index (χ3n) is 3.92. The van der Waals surface area contributed by atoms with Crippen LogP contribution in [0.15, 0.2) is 24.3 Å². The lowest BCUT2D eigenvalue weighted by molar-refractivity contribution is -0.137. The van der Waals surface area contributed by atoms with Crippen LogP contribution in [0.2, 0.25) is 0 Å². The number of unbranched alkanes of at least 4 members (excludes halogenated alkanes) is 11. The Morgan fingerprint density at radius 1 is 0.667 bits per heavy atom. The smallest absolute Gasteiger partial charge is 0.328 e. The molecule has 0 radical (unpaired) electrons. The van der Waals surface area contributed by atoms with Gasteiger partial charge in [0.05, 0.1) is 0 Å². The van der Waals surface area contributed by atoms with Crippen molar-refractivity contribution in [1.29, 1.82) is 0 Å². The van der Waals surface area contributed by atoms with Crippen LogP contribution in [0.5, 0.6) is 0 Å². The van der Waals surface area contributed by atoms with Crippen molar-refractivity contribution in [2.45, 2.75) is 111 Å². The SMILES string of the molecule is CC(=O)O.CCCC(=O)O.CCCCCCCCCCCCCC=CC=CC(=O)O. The van der Waals surface area contributed by atoms with Gasteiger partial charge in [-0.15, -0.1) is 0 Å². The highest BCUT2D eigenvalue weighted by atomic mass is 16.4. The quantitative estimate of drug-likeness (QED) is 0.141. The van der Waals surface area contributed by atoms with Crippen LogP contribution in [0.3, 0.4) is 0 Å². The second-order valence-electron chi connectivity index (χ2n) is 7.11. The standard InChI is InChI=1S/C18H32O2.C4H8O2.C2H4O2/c1-2-3-4-5-6-7-8-9-10-11-12-13-14-15-16-17-18(19)20;1-2-3-4(5)6;1-2(3)4/h14-17H,2-13H2,1H3,(H,19,20);2-3H2,1H3,(H,5,6);1H3,(H,3,4). The van der Waals surface area contributed by atoms with E-state index in [9.17, 15) is 9.59 Å². The summed E-state index contributed by atoms with van der Waals surface area (Å²) in [6.07, 6.45) is 23.7. The molecule has 0 heterocycles. The van der Waals surface area contributed by atoms with Gasteiger partial charge in [0, 0.05) is 19.4 Å². The summed E-state index contributed by atoms with van der Waals surface area (Å²) in [6, 6.07) is 0. The van der Waals surface area contributed by atoms with E-state index in [-0.39, 0.29) is 0 Å². The van der Waals surface area contributed by atoms with Gasteiger partial charge in [-0.1, -0.05) is 96.3 Å². The fraction of sp³-hybridized carbons (Fsp3) is 0.708. The number of rotatable bonds is 16. The second kappa shape index (κ2) is 29.1. The van der Waals surface area contributed by atoms with Crippen molar-refractivity contribution < 1.29 is 29.7 Å². The lowest BCUT2D eigenvalue weighted by Crippen LogP contribution is -1.90. The lowest BCUT2D eigenvalue weighted by Gasteiger charge is -2.01. The van der Waals surface area contributed by atoms with Gasteiger partial charge in [-0.25, -0.2) is 4.79 Å². The summed E-state index contributed by atoms with van der Waals surface area (Å²) in [6.45, 7) is 5.19. The molecule has 0 aliphatic carbocycles. The largest absolute Gasteiger partial charge is 0.481 e. The minimum absolute atomic E-state index is 0.292. The molecule has 0 aliphatic heterocycles. The summed E-state index contributed by atoms with van der Waals surface area (Å²) in [5.74, 6) is -2.43. The van der Waals surface area contributed by atoms with Crippen molar-refractivity contribution >= 4 is 17.9 Å². The number of carboxylic acids is 3. The molecule has 176 valence electrons. The number of hydrogen-bond donors (Lipinski definition) is 3. The van der Waals surface area contributed by atoms with Gasteiger partial charge in [-0.05, 0) is 19.3 Å². The van der Waals surface area contributed by atoms with Crippen LogP contribution in [0, 0.1) is 0 Å². The maximum Gasteiger partial charge on any atom is 0.328 e. The number of hydrogen-bond acceptors (Lipinski definition) is 3. The lowest BCUT2D eigenvalue weighted by atomic mass is 10.1. The third kappa shape index (κ3) is 50.1. The van der Waals surface area contributed by atoms with Gasteiger partial charge < -0.3 is 15.3 Å². The highest BCUT2D eigenvalue weighted by molar-refractivity contribution is 5.80. The van der Waals surface area contributed by atoms with Crippen LogP contribution in [0.1, 0.15) is 111 Å². The van der Waals surface area contributed by atoms with E-state index in [1.165, 1.54) is 70.6 Å². The summed E-state index contributed by atoms with van der Waals surface area (Å²) in [5.41, 5.74) is 0. The Bertz CT molecular complexity index is 451. The number of carboxylic acid groups (broad SMARTS) is 3. The molecule has 3 N–H and O–H groups in total. The van der Waals surface area contributed by atoms with Crippen LogP contribution in [-0.4, -0.2) is 33.2 Å². The Labute approximate surface area is 183 Å². The van der Waals surface area contributed by atoms with Crippen LogP contribution < -0.4 is 0 Å². The Kier molecular flexibility index (Phi) is 31.6.